The molecule has 8 unspecified atom stereocenters. The van der Waals surface area contributed by atoms with Crippen LogP contribution in [0.4, 0.5) is 0 Å². The first-order valence-electron chi connectivity index (χ1n) is 11.1. The van der Waals surface area contributed by atoms with Crippen molar-refractivity contribution in [1.82, 2.24) is 0 Å². The third-order valence-electron chi connectivity index (χ3n) is 8.63. The summed E-state index contributed by atoms with van der Waals surface area (Å²) in [6.45, 7) is 10.0. The smallest absolute Gasteiger partial charge is 0.155 e. The van der Waals surface area contributed by atoms with Gasteiger partial charge in [0.25, 0.3) is 0 Å². The van der Waals surface area contributed by atoms with Crippen molar-refractivity contribution in [3.05, 3.63) is 11.6 Å². The number of ketones is 2. The van der Waals surface area contributed by atoms with Crippen LogP contribution >= 0.6 is 0 Å². The molecule has 4 aliphatic carbocycles. The number of rotatable bonds is 2. The number of fused-ring (bicyclic) bond motifs is 5. The first kappa shape index (κ1) is 21.4. The number of carbonyl (C=O) groups is 3. The van der Waals surface area contributed by atoms with Crippen molar-refractivity contribution in [2.75, 3.05) is 0 Å². The Hall–Kier alpha value is -1.29. The lowest BCUT2D eigenvalue weighted by Crippen LogP contribution is -2.58. The third-order valence-corrected chi connectivity index (χ3v) is 8.63. The minimum Gasteiger partial charge on any atom is -0.393 e. The summed E-state index contributed by atoms with van der Waals surface area (Å²) in [4.78, 5) is 36.2. The second-order valence-corrected chi connectivity index (χ2v) is 9.78. The number of allylic oxidation sites excluding steroid dienone is 1. The Morgan fingerprint density at radius 3 is 2.54 bits per heavy atom. The van der Waals surface area contributed by atoms with Gasteiger partial charge in [0.05, 0.1) is 6.10 Å². The molecule has 4 aliphatic rings. The van der Waals surface area contributed by atoms with Gasteiger partial charge >= 0.3 is 0 Å². The fraction of sp³-hybridized carbons (Fsp3) is 0.792. The molecule has 0 amide bonds. The number of aldehydes is 1. The molecule has 3 fully saturated rings. The molecule has 1 N–H and O–H groups in total. The molecule has 8 atom stereocenters. The van der Waals surface area contributed by atoms with Crippen molar-refractivity contribution >= 4 is 17.9 Å². The quantitative estimate of drug-likeness (QED) is 0.722. The molecule has 0 bridgehead atoms. The number of aliphatic hydroxyl groups excluding tert-OH is 1. The molecule has 0 spiro atoms. The van der Waals surface area contributed by atoms with Gasteiger partial charge in [-0.2, -0.15) is 0 Å². The van der Waals surface area contributed by atoms with Gasteiger partial charge in [0.1, 0.15) is 12.1 Å². The van der Waals surface area contributed by atoms with Crippen LogP contribution in [0.1, 0.15) is 73.1 Å². The molecule has 0 radical (unpaired) electrons. The molecule has 4 nitrogen and oxygen atoms in total. The van der Waals surface area contributed by atoms with Gasteiger partial charge in [0.2, 0.25) is 0 Å². The molecule has 156 valence electrons. The maximum atomic E-state index is 12.2. The summed E-state index contributed by atoms with van der Waals surface area (Å²) >= 11 is 0. The molecule has 0 heterocycles. The third kappa shape index (κ3) is 2.94. The van der Waals surface area contributed by atoms with Crippen molar-refractivity contribution in [3.63, 3.8) is 0 Å². The molecule has 4 heteroatoms. The summed E-state index contributed by atoms with van der Waals surface area (Å²) in [6.07, 6.45) is 6.73. The van der Waals surface area contributed by atoms with Gasteiger partial charge in [-0.05, 0) is 73.7 Å². The van der Waals surface area contributed by atoms with Crippen LogP contribution in [0.5, 0.6) is 0 Å². The largest absolute Gasteiger partial charge is 0.393 e. The molecule has 0 saturated heterocycles. The molecular formula is C24H36O4. The van der Waals surface area contributed by atoms with Gasteiger partial charge in [-0.25, -0.2) is 0 Å². The van der Waals surface area contributed by atoms with Gasteiger partial charge in [-0.15, -0.1) is 0 Å². The van der Waals surface area contributed by atoms with Crippen molar-refractivity contribution in [2.45, 2.75) is 79.2 Å². The van der Waals surface area contributed by atoms with Gasteiger partial charge in [-0.3, -0.25) is 9.59 Å². The lowest BCUT2D eigenvalue weighted by Gasteiger charge is -2.60. The summed E-state index contributed by atoms with van der Waals surface area (Å²) in [5.41, 5.74) is 0.507. The number of carbonyl (C=O) groups excluding carboxylic acids is 3. The zero-order valence-corrected chi connectivity index (χ0v) is 18.0. The summed E-state index contributed by atoms with van der Waals surface area (Å²) < 4.78 is 0. The first-order valence-corrected chi connectivity index (χ1v) is 11.1. The average Bonchev–Trinajstić information content (AvgIpc) is 3.00. The highest BCUT2D eigenvalue weighted by atomic mass is 16.3. The van der Waals surface area contributed by atoms with Gasteiger partial charge in [-0.1, -0.05) is 33.3 Å². The molecule has 0 aliphatic heterocycles. The fourth-order valence-corrected chi connectivity index (χ4v) is 7.63. The zero-order chi connectivity index (χ0) is 20.9. The Morgan fingerprint density at radius 1 is 1.25 bits per heavy atom. The first-order chi connectivity index (χ1) is 13.2. The average molecular weight is 389 g/mol. The minimum absolute atomic E-state index is 0.0236. The highest BCUT2D eigenvalue weighted by Crippen LogP contribution is 2.67. The van der Waals surface area contributed by atoms with Crippen LogP contribution in [0.25, 0.3) is 0 Å². The molecule has 0 aromatic heterocycles. The van der Waals surface area contributed by atoms with E-state index in [2.05, 4.69) is 13.8 Å². The van der Waals surface area contributed by atoms with E-state index in [-0.39, 0.29) is 46.1 Å². The molecular weight excluding hydrogens is 352 g/mol. The second kappa shape index (κ2) is 7.51. The predicted molar refractivity (Wildman–Crippen MR) is 109 cm³/mol. The van der Waals surface area contributed by atoms with Crippen LogP contribution in [-0.4, -0.2) is 29.1 Å². The number of hydrogen-bond donors (Lipinski definition) is 1. The molecule has 0 aromatic rings. The van der Waals surface area contributed by atoms with E-state index >= 15 is 0 Å². The van der Waals surface area contributed by atoms with Crippen LogP contribution in [-0.2, 0) is 14.4 Å². The summed E-state index contributed by atoms with van der Waals surface area (Å²) in [6, 6.07) is 0. The van der Waals surface area contributed by atoms with Crippen molar-refractivity contribution in [3.8, 4) is 0 Å². The minimum atomic E-state index is -0.476. The molecule has 3 saturated carbocycles. The maximum absolute atomic E-state index is 12.2. The van der Waals surface area contributed by atoms with E-state index in [0.717, 1.165) is 31.1 Å². The topological polar surface area (TPSA) is 71.4 Å². The summed E-state index contributed by atoms with van der Waals surface area (Å²) in [5.74, 6) is 0.851. The molecule has 28 heavy (non-hydrogen) atoms. The molecule has 4 rings (SSSR count). The SMILES string of the molecule is CC.CC(=O)C1CCC2C3CC(C=O)C4=CC(=O)CCC4(C)C3C(O)CC12C. The monoisotopic (exact) mass is 388 g/mol. The van der Waals surface area contributed by atoms with Crippen LogP contribution in [0, 0.1) is 40.4 Å². The lowest BCUT2D eigenvalue weighted by molar-refractivity contribution is -0.149. The van der Waals surface area contributed by atoms with Gasteiger partial charge in [0.15, 0.2) is 5.78 Å². The Kier molecular flexibility index (Phi) is 5.75. The number of hydrogen-bond acceptors (Lipinski definition) is 4. The molecule has 0 aromatic carbocycles. The summed E-state index contributed by atoms with van der Waals surface area (Å²) in [7, 11) is 0. The highest BCUT2D eigenvalue weighted by molar-refractivity contribution is 5.92. The standard InChI is InChI=1S/C22H30O4.C2H6/c1-12(24)16-4-5-17-15-8-13(11-23)18-9-14(25)6-7-21(18,2)20(15)19(26)10-22(16,17)3;1-2/h9,11,13,15-17,19-20,26H,4-8,10H2,1-3H3;1-2H3. The van der Waals surface area contributed by atoms with E-state index in [4.69, 9.17) is 0 Å². The van der Waals surface area contributed by atoms with Crippen LogP contribution in [0.3, 0.4) is 0 Å². The van der Waals surface area contributed by atoms with E-state index in [1.165, 1.54) is 0 Å². The lowest BCUT2D eigenvalue weighted by atomic mass is 9.44. The van der Waals surface area contributed by atoms with E-state index in [1.807, 2.05) is 13.8 Å². The normalized spacial score (nSPS) is 46.9. The van der Waals surface area contributed by atoms with Gasteiger partial charge in [0, 0.05) is 18.3 Å². The van der Waals surface area contributed by atoms with Crippen LogP contribution in [0.2, 0.25) is 0 Å². The van der Waals surface area contributed by atoms with Crippen molar-refractivity contribution < 1.29 is 19.5 Å². The Labute approximate surface area is 169 Å². The Morgan fingerprint density at radius 2 is 1.93 bits per heavy atom. The predicted octanol–water partition coefficient (Wildman–Crippen LogP) is 4.15. The number of aliphatic hydroxyl groups is 1. The van der Waals surface area contributed by atoms with Crippen LogP contribution < -0.4 is 0 Å². The van der Waals surface area contributed by atoms with Crippen LogP contribution in [0.15, 0.2) is 11.6 Å². The van der Waals surface area contributed by atoms with E-state index in [9.17, 15) is 19.5 Å². The highest BCUT2D eigenvalue weighted by Gasteiger charge is 2.63. The Bertz CT molecular complexity index is 695. The van der Waals surface area contributed by atoms with Gasteiger partial charge < -0.3 is 9.90 Å². The fourth-order valence-electron chi connectivity index (χ4n) is 7.63. The van der Waals surface area contributed by atoms with E-state index < -0.39 is 6.10 Å². The van der Waals surface area contributed by atoms with Crippen molar-refractivity contribution in [2.24, 2.45) is 40.4 Å². The van der Waals surface area contributed by atoms with Crippen molar-refractivity contribution in [1.29, 1.82) is 0 Å². The zero-order valence-electron chi connectivity index (χ0n) is 18.0. The Balaban J connectivity index is 0.00000109. The van der Waals surface area contributed by atoms with E-state index in [0.29, 0.717) is 25.2 Å². The van der Waals surface area contributed by atoms with E-state index in [1.54, 1.807) is 13.0 Å². The number of Topliss-reactive ketones (excluding diaryl/α,β-unsaturated/α-hetero) is 1. The second-order valence-electron chi connectivity index (χ2n) is 9.78. The maximum Gasteiger partial charge on any atom is 0.155 e. The summed E-state index contributed by atoms with van der Waals surface area (Å²) in [5, 5.41) is 11.2.